The molecule has 0 saturated carbocycles. The first-order chi connectivity index (χ1) is 21.9. The number of anilines is 2. The number of hydrogen-bond acceptors (Lipinski definition) is 5. The molecule has 0 saturated heterocycles. The van der Waals surface area contributed by atoms with E-state index < -0.39 is 11.7 Å². The minimum atomic E-state index is -0.805. The van der Waals surface area contributed by atoms with Gasteiger partial charge in [0, 0.05) is 29.1 Å². The number of amides is 2. The fourth-order valence-electron chi connectivity index (χ4n) is 6.09. The number of benzene rings is 4. The van der Waals surface area contributed by atoms with E-state index in [1.165, 1.54) is 12.1 Å². The highest BCUT2D eigenvalue weighted by atomic mass is 19.1. The van der Waals surface area contributed by atoms with Gasteiger partial charge in [0.1, 0.15) is 18.3 Å². The number of aromatic amines is 1. The van der Waals surface area contributed by atoms with Crippen LogP contribution in [0.15, 0.2) is 103 Å². The van der Waals surface area contributed by atoms with Crippen molar-refractivity contribution >= 4 is 34.1 Å². The SMILES string of the molecule is CC(C)N(C(=O)CN1C(=O)C(Cc2n[nH]c3ccccc23)c2nnc(-c3ccccc3)n2-c2ccccc21)c1ccc(F)cc1. The first-order valence-electron chi connectivity index (χ1n) is 14.8. The first-order valence-corrected chi connectivity index (χ1v) is 14.8. The van der Waals surface area contributed by atoms with Crippen molar-refractivity contribution in [1.29, 1.82) is 0 Å². The molecule has 0 aliphatic carbocycles. The molecule has 224 valence electrons. The third kappa shape index (κ3) is 5.04. The molecule has 7 rings (SSSR count). The van der Waals surface area contributed by atoms with Gasteiger partial charge in [-0.25, -0.2) is 4.39 Å². The highest BCUT2D eigenvalue weighted by Gasteiger charge is 2.39. The van der Waals surface area contributed by atoms with E-state index in [1.807, 2.05) is 97.3 Å². The van der Waals surface area contributed by atoms with E-state index in [-0.39, 0.29) is 30.8 Å². The van der Waals surface area contributed by atoms with Crippen molar-refractivity contribution in [3.63, 3.8) is 0 Å². The molecular formula is C35H30FN7O2. The van der Waals surface area contributed by atoms with E-state index in [9.17, 15) is 14.0 Å². The molecule has 2 aromatic heterocycles. The van der Waals surface area contributed by atoms with E-state index in [0.717, 1.165) is 16.5 Å². The van der Waals surface area contributed by atoms with Crippen molar-refractivity contribution in [2.24, 2.45) is 0 Å². The van der Waals surface area contributed by atoms with E-state index in [1.54, 1.807) is 21.9 Å². The zero-order valence-corrected chi connectivity index (χ0v) is 24.8. The smallest absolute Gasteiger partial charge is 0.247 e. The molecule has 6 aromatic rings. The Kier molecular flexibility index (Phi) is 7.17. The summed E-state index contributed by atoms with van der Waals surface area (Å²) in [5.74, 6) is -0.738. The van der Waals surface area contributed by atoms with Gasteiger partial charge in [-0.3, -0.25) is 19.3 Å². The van der Waals surface area contributed by atoms with E-state index in [2.05, 4.69) is 20.4 Å². The number of aromatic nitrogens is 5. The first kappa shape index (κ1) is 28.1. The van der Waals surface area contributed by atoms with Crippen LogP contribution >= 0.6 is 0 Å². The minimum absolute atomic E-state index is 0.234. The Morgan fingerprint density at radius 2 is 1.58 bits per heavy atom. The molecule has 4 aromatic carbocycles. The van der Waals surface area contributed by atoms with Crippen LogP contribution < -0.4 is 9.80 Å². The normalized spacial score (nSPS) is 14.4. The average Bonchev–Trinajstić information content (AvgIpc) is 3.66. The number of H-pyrrole nitrogens is 1. The van der Waals surface area contributed by atoms with Crippen molar-refractivity contribution in [1.82, 2.24) is 25.0 Å². The van der Waals surface area contributed by atoms with Crippen LogP contribution in [0.25, 0.3) is 28.0 Å². The summed E-state index contributed by atoms with van der Waals surface area (Å²) in [5, 5.41) is 17.7. The Morgan fingerprint density at radius 1 is 0.889 bits per heavy atom. The molecule has 9 nitrogen and oxygen atoms in total. The van der Waals surface area contributed by atoms with Crippen LogP contribution in [-0.4, -0.2) is 49.4 Å². The zero-order chi connectivity index (χ0) is 31.1. The van der Waals surface area contributed by atoms with Gasteiger partial charge in [0.05, 0.1) is 22.6 Å². The van der Waals surface area contributed by atoms with Gasteiger partial charge in [-0.15, -0.1) is 10.2 Å². The topological polar surface area (TPSA) is 100 Å². The number of nitrogens with one attached hydrogen (secondary N) is 1. The number of carbonyl (C=O) groups is 2. The second-order valence-corrected chi connectivity index (χ2v) is 11.3. The maximum Gasteiger partial charge on any atom is 0.247 e. The quantitative estimate of drug-likeness (QED) is 0.240. The summed E-state index contributed by atoms with van der Waals surface area (Å²) in [6.45, 7) is 3.54. The van der Waals surface area contributed by atoms with Gasteiger partial charge in [-0.05, 0) is 56.3 Å². The molecule has 0 bridgehead atoms. The molecule has 0 spiro atoms. The van der Waals surface area contributed by atoms with Crippen molar-refractivity contribution in [3.8, 4) is 17.1 Å². The number of fused-ring (bicyclic) bond motifs is 4. The van der Waals surface area contributed by atoms with Crippen molar-refractivity contribution in [2.75, 3.05) is 16.3 Å². The molecule has 1 aliphatic rings. The summed E-state index contributed by atoms with van der Waals surface area (Å²) < 4.78 is 15.7. The fraction of sp³-hybridized carbons (Fsp3) is 0.171. The molecule has 0 fully saturated rings. The van der Waals surface area contributed by atoms with Gasteiger partial charge >= 0.3 is 0 Å². The van der Waals surface area contributed by atoms with Crippen LogP contribution in [-0.2, 0) is 16.0 Å². The third-order valence-electron chi connectivity index (χ3n) is 8.14. The summed E-state index contributed by atoms with van der Waals surface area (Å²) in [6.07, 6.45) is 0.236. The van der Waals surface area contributed by atoms with E-state index >= 15 is 0 Å². The van der Waals surface area contributed by atoms with Gasteiger partial charge in [-0.2, -0.15) is 5.10 Å². The maximum absolute atomic E-state index is 14.8. The van der Waals surface area contributed by atoms with Crippen molar-refractivity contribution in [2.45, 2.75) is 32.2 Å². The highest BCUT2D eigenvalue weighted by Crippen LogP contribution is 2.39. The van der Waals surface area contributed by atoms with E-state index in [4.69, 9.17) is 0 Å². The number of nitrogens with zero attached hydrogens (tertiary/aromatic N) is 6. The van der Waals surface area contributed by atoms with Crippen LogP contribution in [0.4, 0.5) is 15.8 Å². The summed E-state index contributed by atoms with van der Waals surface area (Å²) in [5.41, 5.74) is 4.22. The summed E-state index contributed by atoms with van der Waals surface area (Å²) in [7, 11) is 0. The van der Waals surface area contributed by atoms with Gasteiger partial charge in [0.2, 0.25) is 11.8 Å². The molecule has 3 heterocycles. The minimum Gasteiger partial charge on any atom is -0.308 e. The lowest BCUT2D eigenvalue weighted by atomic mass is 9.98. The molecule has 1 N–H and O–H groups in total. The summed E-state index contributed by atoms with van der Waals surface area (Å²) >= 11 is 0. The van der Waals surface area contributed by atoms with Gasteiger partial charge in [0.25, 0.3) is 0 Å². The second-order valence-electron chi connectivity index (χ2n) is 11.3. The van der Waals surface area contributed by atoms with Crippen LogP contribution in [0.5, 0.6) is 0 Å². The number of para-hydroxylation sites is 3. The molecule has 1 unspecified atom stereocenters. The molecule has 45 heavy (non-hydrogen) atoms. The van der Waals surface area contributed by atoms with E-state index in [0.29, 0.717) is 34.4 Å². The third-order valence-corrected chi connectivity index (χ3v) is 8.14. The predicted octanol–water partition coefficient (Wildman–Crippen LogP) is 6.06. The monoisotopic (exact) mass is 599 g/mol. The highest BCUT2D eigenvalue weighted by molar-refractivity contribution is 6.07. The average molecular weight is 600 g/mol. The standard InChI is InChI=1S/C35H30FN7O2/c1-22(2)42(25-18-16-24(36)17-19-25)32(44)21-41-30-14-8-9-15-31(30)43-33(23-10-4-3-5-11-23)39-40-34(43)27(35(41)45)20-29-26-12-6-7-13-28(26)37-38-29/h3-19,22,27H,20-21H2,1-2H3,(H,37,38). The van der Waals surface area contributed by atoms with Crippen molar-refractivity contribution in [3.05, 3.63) is 120 Å². The van der Waals surface area contributed by atoms with Crippen LogP contribution in [0.3, 0.4) is 0 Å². The molecule has 0 radical (unpaired) electrons. The lowest BCUT2D eigenvalue weighted by Gasteiger charge is -2.31. The van der Waals surface area contributed by atoms with Gasteiger partial charge in [0.15, 0.2) is 11.6 Å². The molecule has 10 heteroatoms. The lowest BCUT2D eigenvalue weighted by Crippen LogP contribution is -2.47. The van der Waals surface area contributed by atoms with Crippen LogP contribution in [0, 0.1) is 5.82 Å². The predicted molar refractivity (Wildman–Crippen MR) is 171 cm³/mol. The Labute approximate surface area is 258 Å². The summed E-state index contributed by atoms with van der Waals surface area (Å²) in [4.78, 5) is 32.0. The Bertz CT molecular complexity index is 2020. The van der Waals surface area contributed by atoms with Crippen LogP contribution in [0.2, 0.25) is 0 Å². The summed E-state index contributed by atoms with van der Waals surface area (Å²) in [6, 6.07) is 30.5. The van der Waals surface area contributed by atoms with Gasteiger partial charge < -0.3 is 9.80 Å². The Hall–Kier alpha value is -5.64. The molecule has 1 aliphatic heterocycles. The number of halogens is 1. The zero-order valence-electron chi connectivity index (χ0n) is 24.8. The number of carbonyl (C=O) groups excluding carboxylic acids is 2. The largest absolute Gasteiger partial charge is 0.308 e. The Balaban J connectivity index is 1.37. The van der Waals surface area contributed by atoms with Crippen LogP contribution in [0.1, 0.15) is 31.3 Å². The molecular weight excluding hydrogens is 569 g/mol. The molecule has 2 amide bonds. The van der Waals surface area contributed by atoms with Crippen molar-refractivity contribution < 1.29 is 14.0 Å². The lowest BCUT2D eigenvalue weighted by molar-refractivity contribution is -0.123. The number of rotatable bonds is 7. The second kappa shape index (κ2) is 11.5. The van der Waals surface area contributed by atoms with Gasteiger partial charge in [-0.1, -0.05) is 60.7 Å². The Morgan fingerprint density at radius 3 is 2.33 bits per heavy atom. The maximum atomic E-state index is 14.8. The molecule has 1 atom stereocenters. The number of hydrogen-bond donors (Lipinski definition) is 1. The fourth-order valence-corrected chi connectivity index (χ4v) is 6.09.